The van der Waals surface area contributed by atoms with Gasteiger partial charge in [-0.1, -0.05) is 30.3 Å². The number of nitro groups is 2. The van der Waals surface area contributed by atoms with Gasteiger partial charge in [-0.25, -0.2) is 4.79 Å². The SMILES string of the molecule is O=C(O)C(=C(C[N+](=O)[O-])[N+](=O)[O-])c1ccccc1. The Bertz CT molecular complexity index is 522. The van der Waals surface area contributed by atoms with E-state index in [4.69, 9.17) is 5.11 Å². The molecule has 0 saturated heterocycles. The minimum Gasteiger partial charge on any atom is -0.477 e. The molecule has 18 heavy (non-hydrogen) atoms. The van der Waals surface area contributed by atoms with Gasteiger partial charge in [-0.15, -0.1) is 0 Å². The van der Waals surface area contributed by atoms with Crippen molar-refractivity contribution in [1.29, 1.82) is 0 Å². The fraction of sp³-hybridized carbons (Fsp3) is 0.100. The third kappa shape index (κ3) is 3.11. The van der Waals surface area contributed by atoms with Crippen molar-refractivity contribution in [2.24, 2.45) is 0 Å². The van der Waals surface area contributed by atoms with Crippen LogP contribution in [0.25, 0.3) is 5.57 Å². The predicted molar refractivity (Wildman–Crippen MR) is 59.9 cm³/mol. The molecular weight excluding hydrogens is 244 g/mol. The van der Waals surface area contributed by atoms with Crippen LogP contribution in [0.15, 0.2) is 36.0 Å². The summed E-state index contributed by atoms with van der Waals surface area (Å²) in [5.41, 5.74) is -1.56. The maximum absolute atomic E-state index is 11.0. The molecule has 0 aliphatic rings. The molecule has 0 bridgehead atoms. The largest absolute Gasteiger partial charge is 0.477 e. The maximum Gasteiger partial charge on any atom is 0.343 e. The van der Waals surface area contributed by atoms with Crippen LogP contribution in [-0.2, 0) is 4.79 Å². The van der Waals surface area contributed by atoms with Crippen molar-refractivity contribution >= 4 is 11.5 Å². The lowest BCUT2D eigenvalue weighted by atomic mass is 10.0. The Balaban J connectivity index is 3.43. The van der Waals surface area contributed by atoms with Gasteiger partial charge in [0.1, 0.15) is 5.57 Å². The quantitative estimate of drug-likeness (QED) is 0.474. The molecule has 0 spiro atoms. The number of hydrogen-bond donors (Lipinski definition) is 1. The Morgan fingerprint density at radius 2 is 1.72 bits per heavy atom. The van der Waals surface area contributed by atoms with Crippen LogP contribution in [-0.4, -0.2) is 27.5 Å². The highest BCUT2D eigenvalue weighted by atomic mass is 16.6. The fourth-order valence-corrected chi connectivity index (χ4v) is 1.37. The van der Waals surface area contributed by atoms with Gasteiger partial charge >= 0.3 is 11.7 Å². The van der Waals surface area contributed by atoms with E-state index >= 15 is 0 Å². The second-order valence-corrected chi connectivity index (χ2v) is 3.24. The lowest BCUT2D eigenvalue weighted by Gasteiger charge is -2.02. The van der Waals surface area contributed by atoms with Crippen LogP contribution in [0.5, 0.6) is 0 Å². The standard InChI is InChI=1S/C10H8N2O6/c13-10(14)9(7-4-2-1-3-5-7)8(12(17)18)6-11(15)16/h1-5H,6H2,(H,13,14). The second-order valence-electron chi connectivity index (χ2n) is 3.24. The first-order valence-corrected chi connectivity index (χ1v) is 4.71. The van der Waals surface area contributed by atoms with E-state index in [1.54, 1.807) is 6.07 Å². The molecule has 0 radical (unpaired) electrons. The van der Waals surface area contributed by atoms with E-state index in [-0.39, 0.29) is 5.56 Å². The first-order valence-electron chi connectivity index (χ1n) is 4.71. The molecule has 0 unspecified atom stereocenters. The van der Waals surface area contributed by atoms with Crippen LogP contribution >= 0.6 is 0 Å². The molecule has 0 fully saturated rings. The number of benzene rings is 1. The Morgan fingerprint density at radius 1 is 1.17 bits per heavy atom. The zero-order chi connectivity index (χ0) is 13.7. The minimum atomic E-state index is -1.57. The maximum atomic E-state index is 11.0. The van der Waals surface area contributed by atoms with E-state index in [9.17, 15) is 25.0 Å². The topological polar surface area (TPSA) is 124 Å². The van der Waals surface area contributed by atoms with Gasteiger partial charge in [0.05, 0.1) is 4.92 Å². The first kappa shape index (κ1) is 13.3. The monoisotopic (exact) mass is 252 g/mol. The van der Waals surface area contributed by atoms with Crippen LogP contribution in [0.4, 0.5) is 0 Å². The normalized spacial score (nSPS) is 11.6. The molecule has 0 heterocycles. The zero-order valence-electron chi connectivity index (χ0n) is 8.98. The molecule has 0 aliphatic heterocycles. The van der Waals surface area contributed by atoms with Gasteiger partial charge in [0.2, 0.25) is 0 Å². The van der Waals surface area contributed by atoms with Gasteiger partial charge in [-0.3, -0.25) is 20.2 Å². The molecule has 1 aromatic carbocycles. The molecule has 0 aliphatic carbocycles. The molecule has 0 aromatic heterocycles. The second kappa shape index (κ2) is 5.53. The molecule has 8 nitrogen and oxygen atoms in total. The number of rotatable bonds is 5. The number of carbonyl (C=O) groups is 1. The van der Waals surface area contributed by atoms with Crippen molar-refractivity contribution in [3.8, 4) is 0 Å². The lowest BCUT2D eigenvalue weighted by Crippen LogP contribution is -2.17. The van der Waals surface area contributed by atoms with E-state index in [0.29, 0.717) is 0 Å². The van der Waals surface area contributed by atoms with Crippen LogP contribution in [0, 0.1) is 20.2 Å². The average molecular weight is 252 g/mol. The summed E-state index contributed by atoms with van der Waals surface area (Å²) in [5.74, 6) is -1.57. The van der Waals surface area contributed by atoms with Gasteiger partial charge in [0.15, 0.2) is 0 Å². The van der Waals surface area contributed by atoms with Gasteiger partial charge in [-0.05, 0) is 5.56 Å². The van der Waals surface area contributed by atoms with E-state index in [1.165, 1.54) is 24.3 Å². The summed E-state index contributed by atoms with van der Waals surface area (Å²) in [4.78, 5) is 30.1. The van der Waals surface area contributed by atoms with Crippen molar-refractivity contribution in [3.05, 3.63) is 61.8 Å². The zero-order valence-corrected chi connectivity index (χ0v) is 8.98. The summed E-state index contributed by atoms with van der Waals surface area (Å²) in [6.45, 7) is -1.15. The number of carboxylic acids is 1. The van der Waals surface area contributed by atoms with Gasteiger partial charge in [0, 0.05) is 4.92 Å². The molecule has 0 saturated carbocycles. The molecule has 1 rings (SSSR count). The molecule has 1 aromatic rings. The Kier molecular flexibility index (Phi) is 4.08. The summed E-state index contributed by atoms with van der Waals surface area (Å²) in [6.07, 6.45) is 0. The van der Waals surface area contributed by atoms with E-state index in [1.807, 2.05) is 0 Å². The Hall–Kier alpha value is -2.77. The van der Waals surface area contributed by atoms with Crippen molar-refractivity contribution < 1.29 is 19.7 Å². The van der Waals surface area contributed by atoms with Crippen LogP contribution in [0.3, 0.4) is 0 Å². The van der Waals surface area contributed by atoms with Crippen molar-refractivity contribution in [3.63, 3.8) is 0 Å². The highest BCUT2D eigenvalue weighted by molar-refractivity contribution is 6.16. The lowest BCUT2D eigenvalue weighted by molar-refractivity contribution is -0.518. The summed E-state index contributed by atoms with van der Waals surface area (Å²) < 4.78 is 0. The highest BCUT2D eigenvalue weighted by Crippen LogP contribution is 2.19. The number of hydrogen-bond acceptors (Lipinski definition) is 5. The minimum absolute atomic E-state index is 0.0542. The van der Waals surface area contributed by atoms with Crippen molar-refractivity contribution in [2.75, 3.05) is 6.54 Å². The van der Waals surface area contributed by atoms with Crippen LogP contribution < -0.4 is 0 Å². The smallest absolute Gasteiger partial charge is 0.343 e. The third-order valence-electron chi connectivity index (χ3n) is 2.06. The molecule has 0 atom stereocenters. The summed E-state index contributed by atoms with van der Waals surface area (Å²) in [7, 11) is 0. The third-order valence-corrected chi connectivity index (χ3v) is 2.06. The summed E-state index contributed by atoms with van der Waals surface area (Å²) >= 11 is 0. The van der Waals surface area contributed by atoms with Gasteiger partial charge < -0.3 is 5.11 Å². The van der Waals surface area contributed by atoms with Gasteiger partial charge in [0.25, 0.3) is 6.54 Å². The average Bonchev–Trinajstić information content (AvgIpc) is 2.28. The predicted octanol–water partition coefficient (Wildman–Crippen LogP) is 1.04. The molecule has 94 valence electrons. The number of aliphatic carboxylic acids is 1. The molecule has 1 N–H and O–H groups in total. The Morgan fingerprint density at radius 3 is 2.11 bits per heavy atom. The summed E-state index contributed by atoms with van der Waals surface area (Å²) in [5, 5.41) is 30.1. The molecule has 8 heteroatoms. The fourth-order valence-electron chi connectivity index (χ4n) is 1.37. The number of carboxylic acid groups (broad SMARTS) is 1. The van der Waals surface area contributed by atoms with Crippen molar-refractivity contribution in [1.82, 2.24) is 0 Å². The van der Waals surface area contributed by atoms with Crippen LogP contribution in [0.1, 0.15) is 5.56 Å². The molecular formula is C10H8N2O6. The van der Waals surface area contributed by atoms with E-state index in [2.05, 4.69) is 0 Å². The van der Waals surface area contributed by atoms with Crippen LogP contribution in [0.2, 0.25) is 0 Å². The molecule has 0 amide bonds. The highest BCUT2D eigenvalue weighted by Gasteiger charge is 2.30. The van der Waals surface area contributed by atoms with E-state index in [0.717, 1.165) is 0 Å². The number of nitrogens with zero attached hydrogens (tertiary/aromatic N) is 2. The van der Waals surface area contributed by atoms with E-state index < -0.39 is 33.6 Å². The van der Waals surface area contributed by atoms with Gasteiger partial charge in [-0.2, -0.15) is 0 Å². The van der Waals surface area contributed by atoms with Crippen molar-refractivity contribution in [2.45, 2.75) is 0 Å². The Labute approximate surface area is 100 Å². The summed E-state index contributed by atoms with van der Waals surface area (Å²) in [6, 6.07) is 7.26. The first-order chi connectivity index (χ1) is 8.43.